The van der Waals surface area contributed by atoms with Crippen LogP contribution in [0, 0.1) is 5.41 Å². The molecule has 3 nitrogen and oxygen atoms in total. The molecule has 0 spiro atoms. The second-order valence-electron chi connectivity index (χ2n) is 4.53. The molecular formula is C13H18O3. The molecule has 0 atom stereocenters. The Bertz CT molecular complexity index is 352. The maximum atomic E-state index is 11.3. The summed E-state index contributed by atoms with van der Waals surface area (Å²) in [5.41, 5.74) is 0.383. The van der Waals surface area contributed by atoms with Crippen LogP contribution in [0.3, 0.4) is 0 Å². The van der Waals surface area contributed by atoms with Gasteiger partial charge in [-0.1, -0.05) is 12.1 Å². The van der Waals surface area contributed by atoms with Crippen molar-refractivity contribution < 1.29 is 14.6 Å². The van der Waals surface area contributed by atoms with E-state index in [1.807, 2.05) is 13.8 Å². The van der Waals surface area contributed by atoms with Gasteiger partial charge in [0.2, 0.25) is 0 Å². The summed E-state index contributed by atoms with van der Waals surface area (Å²) in [4.78, 5) is 11.3. The third-order valence-electron chi connectivity index (χ3n) is 2.66. The zero-order chi connectivity index (χ0) is 12.2. The van der Waals surface area contributed by atoms with Gasteiger partial charge < -0.3 is 9.84 Å². The average Bonchev–Trinajstić information content (AvgIpc) is 2.27. The van der Waals surface area contributed by atoms with Crippen molar-refractivity contribution in [2.24, 2.45) is 5.41 Å². The van der Waals surface area contributed by atoms with Gasteiger partial charge in [0.25, 0.3) is 0 Å². The van der Waals surface area contributed by atoms with Gasteiger partial charge in [0.15, 0.2) is 0 Å². The topological polar surface area (TPSA) is 46.5 Å². The van der Waals surface area contributed by atoms with Gasteiger partial charge in [-0.3, -0.25) is 4.79 Å². The van der Waals surface area contributed by atoms with Gasteiger partial charge in [-0.2, -0.15) is 0 Å². The molecule has 1 N–H and O–H groups in total. The molecule has 1 rings (SSSR count). The Balaban J connectivity index is 2.58. The van der Waals surface area contributed by atoms with Gasteiger partial charge in [-0.25, -0.2) is 0 Å². The maximum absolute atomic E-state index is 11.3. The second-order valence-corrected chi connectivity index (χ2v) is 4.53. The van der Waals surface area contributed by atoms with Gasteiger partial charge in [-0.15, -0.1) is 0 Å². The Kier molecular flexibility index (Phi) is 4.07. The highest BCUT2D eigenvalue weighted by Gasteiger charge is 2.24. The summed E-state index contributed by atoms with van der Waals surface area (Å²) in [6, 6.07) is 7.19. The van der Waals surface area contributed by atoms with E-state index in [1.165, 1.54) is 0 Å². The van der Waals surface area contributed by atoms with Gasteiger partial charge in [-0.05, 0) is 38.5 Å². The Morgan fingerprint density at radius 3 is 2.31 bits per heavy atom. The number of benzene rings is 1. The predicted octanol–water partition coefficient (Wildman–Crippen LogP) is 2.17. The molecule has 88 valence electrons. The molecule has 0 amide bonds. The first-order chi connectivity index (χ1) is 7.45. The molecule has 0 aliphatic rings. The molecule has 0 fully saturated rings. The van der Waals surface area contributed by atoms with Crippen LogP contribution in [0.25, 0.3) is 0 Å². The standard InChI is InChI=1S/C13H18O3/c1-10(15)13(2,3)9-16-12-6-4-11(8-14)5-7-12/h4-7,14H,8-9H2,1-3H3. The number of Topliss-reactive ketones (excluding diaryl/α,β-unsaturated/α-hetero) is 1. The lowest BCUT2D eigenvalue weighted by atomic mass is 9.90. The molecule has 0 radical (unpaired) electrons. The largest absolute Gasteiger partial charge is 0.493 e. The Labute approximate surface area is 96.1 Å². The van der Waals surface area contributed by atoms with E-state index in [-0.39, 0.29) is 12.4 Å². The summed E-state index contributed by atoms with van der Waals surface area (Å²) in [5.74, 6) is 0.825. The first-order valence-corrected chi connectivity index (χ1v) is 5.29. The number of ketones is 1. The summed E-state index contributed by atoms with van der Waals surface area (Å²) in [6.45, 7) is 5.67. The van der Waals surface area contributed by atoms with Gasteiger partial charge in [0, 0.05) is 0 Å². The fraction of sp³-hybridized carbons (Fsp3) is 0.462. The van der Waals surface area contributed by atoms with Gasteiger partial charge in [0.1, 0.15) is 18.1 Å². The lowest BCUT2D eigenvalue weighted by molar-refractivity contribution is -0.126. The molecular weight excluding hydrogens is 204 g/mol. The van der Waals surface area contributed by atoms with Crippen LogP contribution in [0.15, 0.2) is 24.3 Å². The van der Waals surface area contributed by atoms with Crippen LogP contribution in [-0.2, 0) is 11.4 Å². The van der Waals surface area contributed by atoms with Crippen molar-refractivity contribution >= 4 is 5.78 Å². The number of hydrogen-bond donors (Lipinski definition) is 1. The fourth-order valence-electron chi connectivity index (χ4n) is 1.06. The molecule has 3 heteroatoms. The van der Waals surface area contributed by atoms with Crippen molar-refractivity contribution in [3.63, 3.8) is 0 Å². The lowest BCUT2D eigenvalue weighted by Crippen LogP contribution is -2.28. The summed E-state index contributed by atoms with van der Waals surface area (Å²) < 4.78 is 5.53. The smallest absolute Gasteiger partial charge is 0.138 e. The number of carbonyl (C=O) groups excluding carboxylic acids is 1. The van der Waals surface area contributed by atoms with Crippen LogP contribution >= 0.6 is 0 Å². The van der Waals surface area contributed by atoms with Crippen molar-refractivity contribution in [1.82, 2.24) is 0 Å². The molecule has 0 bridgehead atoms. The number of ether oxygens (including phenoxy) is 1. The van der Waals surface area contributed by atoms with E-state index in [4.69, 9.17) is 9.84 Å². The first-order valence-electron chi connectivity index (χ1n) is 5.29. The summed E-state index contributed by atoms with van der Waals surface area (Å²) >= 11 is 0. The van der Waals surface area contributed by atoms with Crippen molar-refractivity contribution in [3.8, 4) is 5.75 Å². The minimum atomic E-state index is -0.463. The lowest BCUT2D eigenvalue weighted by Gasteiger charge is -2.21. The van der Waals surface area contributed by atoms with Crippen LogP contribution < -0.4 is 4.74 Å². The highest BCUT2D eigenvalue weighted by molar-refractivity contribution is 5.81. The summed E-state index contributed by atoms with van der Waals surface area (Å²) in [7, 11) is 0. The van der Waals surface area contributed by atoms with E-state index in [2.05, 4.69) is 0 Å². The van der Waals surface area contributed by atoms with Crippen molar-refractivity contribution in [1.29, 1.82) is 0 Å². The third kappa shape index (κ3) is 3.35. The maximum Gasteiger partial charge on any atom is 0.138 e. The van der Waals surface area contributed by atoms with E-state index in [9.17, 15) is 4.79 Å². The van der Waals surface area contributed by atoms with Gasteiger partial charge in [0.05, 0.1) is 12.0 Å². The summed E-state index contributed by atoms with van der Waals surface area (Å²) in [5, 5.41) is 8.87. The minimum absolute atomic E-state index is 0.0270. The van der Waals surface area contributed by atoms with Gasteiger partial charge >= 0.3 is 0 Å². The number of aliphatic hydroxyl groups excluding tert-OH is 1. The number of aliphatic hydroxyl groups is 1. The number of hydrogen-bond acceptors (Lipinski definition) is 3. The Morgan fingerprint density at radius 2 is 1.88 bits per heavy atom. The van der Waals surface area contributed by atoms with Crippen LogP contribution in [0.1, 0.15) is 26.3 Å². The quantitative estimate of drug-likeness (QED) is 0.830. The zero-order valence-corrected chi connectivity index (χ0v) is 9.99. The molecule has 0 aromatic heterocycles. The Hall–Kier alpha value is -1.35. The SMILES string of the molecule is CC(=O)C(C)(C)COc1ccc(CO)cc1. The van der Waals surface area contributed by atoms with E-state index < -0.39 is 5.41 Å². The van der Waals surface area contributed by atoms with Crippen molar-refractivity contribution in [2.75, 3.05) is 6.61 Å². The van der Waals surface area contributed by atoms with E-state index in [1.54, 1.807) is 31.2 Å². The normalized spacial score (nSPS) is 11.2. The number of rotatable bonds is 5. The van der Waals surface area contributed by atoms with Crippen molar-refractivity contribution in [3.05, 3.63) is 29.8 Å². The molecule has 1 aromatic carbocycles. The molecule has 16 heavy (non-hydrogen) atoms. The van der Waals surface area contributed by atoms with Crippen molar-refractivity contribution in [2.45, 2.75) is 27.4 Å². The second kappa shape index (κ2) is 5.12. The predicted molar refractivity (Wildman–Crippen MR) is 62.3 cm³/mol. The highest BCUT2D eigenvalue weighted by atomic mass is 16.5. The van der Waals surface area contributed by atoms with Crippen LogP contribution in [-0.4, -0.2) is 17.5 Å². The molecule has 0 saturated carbocycles. The first kappa shape index (κ1) is 12.7. The molecule has 0 aliphatic carbocycles. The van der Waals surface area contributed by atoms with E-state index in [0.29, 0.717) is 12.4 Å². The third-order valence-corrected chi connectivity index (χ3v) is 2.66. The van der Waals surface area contributed by atoms with E-state index >= 15 is 0 Å². The molecule has 0 saturated heterocycles. The Morgan fingerprint density at radius 1 is 1.31 bits per heavy atom. The average molecular weight is 222 g/mol. The van der Waals surface area contributed by atoms with Crippen LogP contribution in [0.5, 0.6) is 5.75 Å². The number of carbonyl (C=O) groups is 1. The highest BCUT2D eigenvalue weighted by Crippen LogP contribution is 2.20. The monoisotopic (exact) mass is 222 g/mol. The van der Waals surface area contributed by atoms with E-state index in [0.717, 1.165) is 5.56 Å². The fourth-order valence-corrected chi connectivity index (χ4v) is 1.06. The molecule has 0 unspecified atom stereocenters. The van der Waals surface area contributed by atoms with Crippen LogP contribution in [0.4, 0.5) is 0 Å². The molecule has 1 aromatic rings. The zero-order valence-electron chi connectivity index (χ0n) is 9.99. The molecule has 0 aliphatic heterocycles. The minimum Gasteiger partial charge on any atom is -0.493 e. The molecule has 0 heterocycles. The summed E-state index contributed by atoms with van der Waals surface area (Å²) in [6.07, 6.45) is 0. The van der Waals surface area contributed by atoms with Crippen LogP contribution in [0.2, 0.25) is 0 Å².